The minimum Gasteiger partial charge on any atom is -0.264 e. The van der Waals surface area contributed by atoms with Gasteiger partial charge in [-0.15, -0.1) is 0 Å². The maximum absolute atomic E-state index is 11.1. The Balaban J connectivity index is 1.54. The largest absolute Gasteiger partial charge is 0.397 e. The Bertz CT molecular complexity index is 699. The molecule has 0 radical (unpaired) electrons. The summed E-state index contributed by atoms with van der Waals surface area (Å²) in [7, 11) is -4.34. The molecule has 0 heterocycles. The summed E-state index contributed by atoms with van der Waals surface area (Å²) in [5, 5.41) is 0. The third-order valence-corrected chi connectivity index (χ3v) is 9.59. The van der Waals surface area contributed by atoms with Crippen LogP contribution in [-0.4, -0.2) is 19.1 Å². The molecule has 0 aliphatic heterocycles. The van der Waals surface area contributed by atoms with Crippen LogP contribution in [0.3, 0.4) is 0 Å². The van der Waals surface area contributed by atoms with Crippen LogP contribution in [0, 0.1) is 34.5 Å². The van der Waals surface area contributed by atoms with Gasteiger partial charge in [-0.05, 0) is 99.2 Å². The summed E-state index contributed by atoms with van der Waals surface area (Å²) >= 11 is 0. The normalized spacial score (nSPS) is 50.2. The molecule has 148 valence electrons. The number of hydrogen-bond acceptors (Lipinski definition) is 3. The third-order valence-electron chi connectivity index (χ3n) is 9.07. The molecule has 0 bridgehead atoms. The fourth-order valence-electron chi connectivity index (χ4n) is 7.80. The van der Waals surface area contributed by atoms with Crippen molar-refractivity contribution in [3.8, 4) is 0 Å². The summed E-state index contributed by atoms with van der Waals surface area (Å²) in [4.78, 5) is 0. The molecule has 26 heavy (non-hydrogen) atoms. The van der Waals surface area contributed by atoms with Crippen molar-refractivity contribution in [1.29, 1.82) is 0 Å². The van der Waals surface area contributed by atoms with Gasteiger partial charge in [0.1, 0.15) is 0 Å². The average Bonchev–Trinajstić information content (AvgIpc) is 2.90. The number of fused-ring (bicyclic) bond motifs is 5. The quantitative estimate of drug-likeness (QED) is 0.529. The molecule has 1 N–H and O–H groups in total. The summed E-state index contributed by atoms with van der Waals surface area (Å²) in [6.45, 7) is 7.19. The zero-order valence-electron chi connectivity index (χ0n) is 16.4. The molecule has 5 heteroatoms. The Morgan fingerprint density at radius 3 is 2.54 bits per heavy atom. The van der Waals surface area contributed by atoms with Crippen LogP contribution in [0.15, 0.2) is 11.6 Å². The van der Waals surface area contributed by atoms with Crippen molar-refractivity contribution in [3.05, 3.63) is 11.6 Å². The van der Waals surface area contributed by atoms with E-state index in [0.717, 1.165) is 37.0 Å². The fraction of sp³-hybridized carbons (Fsp3) is 0.905. The highest BCUT2D eigenvalue weighted by molar-refractivity contribution is 7.80. The molecule has 0 amide bonds. The van der Waals surface area contributed by atoms with Crippen molar-refractivity contribution in [3.63, 3.8) is 0 Å². The number of hydrogen-bond donors (Lipinski definition) is 1. The summed E-state index contributed by atoms with van der Waals surface area (Å²) in [5.74, 6) is 2.95. The lowest BCUT2D eigenvalue weighted by molar-refractivity contribution is -0.113. The highest BCUT2D eigenvalue weighted by Crippen LogP contribution is 2.67. The summed E-state index contributed by atoms with van der Waals surface area (Å²) in [6, 6.07) is 0. The highest BCUT2D eigenvalue weighted by atomic mass is 32.3. The second-order valence-corrected chi connectivity index (χ2v) is 10.9. The first-order valence-corrected chi connectivity index (χ1v) is 11.9. The maximum Gasteiger partial charge on any atom is 0.397 e. The van der Waals surface area contributed by atoms with E-state index in [2.05, 4.69) is 26.8 Å². The molecule has 0 unspecified atom stereocenters. The van der Waals surface area contributed by atoms with Crippen LogP contribution in [0.1, 0.15) is 78.6 Å². The van der Waals surface area contributed by atoms with Crippen molar-refractivity contribution in [2.75, 3.05) is 0 Å². The second-order valence-electron chi connectivity index (χ2n) is 9.89. The second kappa shape index (κ2) is 6.31. The number of allylic oxidation sites excluding steroid dienone is 2. The van der Waals surface area contributed by atoms with Gasteiger partial charge in [-0.25, -0.2) is 4.18 Å². The van der Waals surface area contributed by atoms with Gasteiger partial charge in [0.25, 0.3) is 0 Å². The van der Waals surface area contributed by atoms with Gasteiger partial charge in [-0.1, -0.05) is 25.5 Å². The molecule has 0 saturated heterocycles. The topological polar surface area (TPSA) is 63.6 Å². The van der Waals surface area contributed by atoms with Crippen LogP contribution in [-0.2, 0) is 14.6 Å². The first-order chi connectivity index (χ1) is 12.2. The van der Waals surface area contributed by atoms with E-state index in [1.165, 1.54) is 38.5 Å². The monoisotopic (exact) mass is 382 g/mol. The van der Waals surface area contributed by atoms with Crippen LogP contribution < -0.4 is 0 Å². The zero-order chi connectivity index (χ0) is 18.7. The Kier molecular flexibility index (Phi) is 4.60. The summed E-state index contributed by atoms with van der Waals surface area (Å²) in [5.41, 5.74) is 2.42. The van der Waals surface area contributed by atoms with Crippen molar-refractivity contribution < 1.29 is 17.2 Å². The van der Waals surface area contributed by atoms with Crippen LogP contribution in [0.25, 0.3) is 0 Å². The summed E-state index contributed by atoms with van der Waals surface area (Å²) in [6.07, 6.45) is 12.3. The van der Waals surface area contributed by atoms with Gasteiger partial charge >= 0.3 is 10.4 Å². The first kappa shape index (κ1) is 18.9. The molecular formula is C21H34O4S. The molecule has 4 saturated carbocycles. The van der Waals surface area contributed by atoms with Gasteiger partial charge in [-0.2, -0.15) is 8.42 Å². The first-order valence-electron chi connectivity index (χ1n) is 10.5. The van der Waals surface area contributed by atoms with E-state index in [1.54, 1.807) is 5.57 Å². The Hall–Kier alpha value is -0.390. The average molecular weight is 383 g/mol. The van der Waals surface area contributed by atoms with E-state index in [9.17, 15) is 8.42 Å². The molecule has 0 aromatic rings. The van der Waals surface area contributed by atoms with Gasteiger partial charge < -0.3 is 0 Å². The smallest absolute Gasteiger partial charge is 0.264 e. The molecule has 7 atom stereocenters. The minimum absolute atomic E-state index is 0.308. The molecule has 4 fully saturated rings. The van der Waals surface area contributed by atoms with Crippen LogP contribution in [0.2, 0.25) is 0 Å². The molecule has 0 spiro atoms. The van der Waals surface area contributed by atoms with E-state index >= 15 is 0 Å². The maximum atomic E-state index is 11.1. The van der Waals surface area contributed by atoms with Crippen LogP contribution in [0.5, 0.6) is 0 Å². The molecule has 0 aromatic carbocycles. The van der Waals surface area contributed by atoms with Crippen LogP contribution in [0.4, 0.5) is 0 Å². The summed E-state index contributed by atoms with van der Waals surface area (Å²) < 4.78 is 36.2. The van der Waals surface area contributed by atoms with Crippen molar-refractivity contribution in [2.24, 2.45) is 34.5 Å². The lowest BCUT2D eigenvalue weighted by Gasteiger charge is -2.60. The van der Waals surface area contributed by atoms with E-state index in [0.29, 0.717) is 16.7 Å². The fourth-order valence-corrected chi connectivity index (χ4v) is 8.32. The molecule has 4 nitrogen and oxygen atoms in total. The Labute approximate surface area is 158 Å². The van der Waals surface area contributed by atoms with Crippen molar-refractivity contribution >= 4 is 10.4 Å². The third kappa shape index (κ3) is 2.89. The lowest BCUT2D eigenvalue weighted by atomic mass is 9.45. The van der Waals surface area contributed by atoms with E-state index in [4.69, 9.17) is 8.74 Å². The van der Waals surface area contributed by atoms with Crippen molar-refractivity contribution in [2.45, 2.75) is 84.7 Å². The minimum atomic E-state index is -4.34. The number of rotatable bonds is 2. The van der Waals surface area contributed by atoms with Gasteiger partial charge in [-0.3, -0.25) is 4.55 Å². The van der Waals surface area contributed by atoms with Gasteiger partial charge in [0.15, 0.2) is 0 Å². The lowest BCUT2D eigenvalue weighted by Crippen LogP contribution is -2.53. The van der Waals surface area contributed by atoms with Gasteiger partial charge in [0, 0.05) is 0 Å². The van der Waals surface area contributed by atoms with E-state index in [-0.39, 0.29) is 6.10 Å². The highest BCUT2D eigenvalue weighted by Gasteiger charge is 2.59. The van der Waals surface area contributed by atoms with Crippen LogP contribution >= 0.6 is 0 Å². The molecule has 4 aliphatic carbocycles. The SMILES string of the molecule is C/C=C1/CC[C@H]2[C@@H]3CC[C@@H]4C[C@H](OS(=O)(=O)O)CC[C@]4(C)[C@H]3CC[C@]12C. The predicted octanol–water partition coefficient (Wildman–Crippen LogP) is 5.16. The molecular weight excluding hydrogens is 348 g/mol. The van der Waals surface area contributed by atoms with E-state index < -0.39 is 10.4 Å². The Morgan fingerprint density at radius 2 is 1.85 bits per heavy atom. The van der Waals surface area contributed by atoms with Crippen molar-refractivity contribution in [1.82, 2.24) is 0 Å². The van der Waals surface area contributed by atoms with E-state index in [1.807, 2.05) is 0 Å². The zero-order valence-corrected chi connectivity index (χ0v) is 17.2. The van der Waals surface area contributed by atoms with Gasteiger partial charge in [0.05, 0.1) is 6.10 Å². The Morgan fingerprint density at radius 1 is 1.08 bits per heavy atom. The molecule has 4 rings (SSSR count). The standard InChI is InChI=1S/C21H34O4S/c1-4-14-6-8-18-17-7-5-15-13-16(25-26(22,23)24)9-11-21(15,3)19(17)10-12-20(14,18)2/h4,15-19H,5-13H2,1-3H3,(H,22,23,24)/b14-4-/t15-,16-,17+,18+,19+,20-,21+/m1/s1. The molecule has 4 aliphatic rings. The predicted molar refractivity (Wildman–Crippen MR) is 102 cm³/mol. The van der Waals surface area contributed by atoms with Gasteiger partial charge in [0.2, 0.25) is 0 Å². The molecule has 0 aromatic heterocycles.